The molecule has 5 aromatic carbocycles. The van der Waals surface area contributed by atoms with Gasteiger partial charge in [-0.05, 0) is 72.2 Å². The van der Waals surface area contributed by atoms with E-state index >= 15 is 0 Å². The van der Waals surface area contributed by atoms with Crippen LogP contribution in [-0.4, -0.2) is 23.0 Å². The maximum absolute atomic E-state index is 13.6. The number of carbonyl (C=O) groups is 3. The number of benzene rings is 5. The van der Waals surface area contributed by atoms with Gasteiger partial charge < -0.3 is 16.0 Å². The number of halogens is 3. The molecule has 6 nitrogen and oxygen atoms in total. The molecule has 0 aliphatic heterocycles. The number of alkyl halides is 3. The molecule has 5 rings (SSSR count). The summed E-state index contributed by atoms with van der Waals surface area (Å²) in [7, 11) is 0. The standard InChI is InChI=1S/C38H30F3N3O3S/c1-25(35(45)43-33-18-9-8-17-32(33)38(39,40)41)48-31-16-10-15-30(24-31)42-37(47)34(44-36(46)29-13-6-3-7-14-29)23-26-19-21-28(22-20-26)27-11-4-2-5-12-27/h2-25H,1H3,(H,42,47)(H,43,45)(H,44,46)/b34-23+. The third kappa shape index (κ3) is 9.01. The summed E-state index contributed by atoms with van der Waals surface area (Å²) in [6, 6.07) is 37.4. The topological polar surface area (TPSA) is 87.3 Å². The molecule has 48 heavy (non-hydrogen) atoms. The first kappa shape index (κ1) is 33.7. The van der Waals surface area contributed by atoms with Crippen LogP contribution in [0.15, 0.2) is 144 Å². The van der Waals surface area contributed by atoms with E-state index in [1.807, 2.05) is 54.6 Å². The van der Waals surface area contributed by atoms with E-state index in [1.165, 1.54) is 18.2 Å². The van der Waals surface area contributed by atoms with Gasteiger partial charge in [-0.3, -0.25) is 14.4 Å². The van der Waals surface area contributed by atoms with Gasteiger partial charge in [-0.15, -0.1) is 11.8 Å². The van der Waals surface area contributed by atoms with Gasteiger partial charge in [0.15, 0.2) is 0 Å². The predicted molar refractivity (Wildman–Crippen MR) is 184 cm³/mol. The van der Waals surface area contributed by atoms with Crippen molar-refractivity contribution < 1.29 is 27.6 Å². The zero-order valence-corrected chi connectivity index (χ0v) is 26.4. The smallest absolute Gasteiger partial charge is 0.325 e. The maximum Gasteiger partial charge on any atom is 0.418 e. The molecule has 0 aliphatic rings. The lowest BCUT2D eigenvalue weighted by Gasteiger charge is -2.16. The highest BCUT2D eigenvalue weighted by Gasteiger charge is 2.34. The van der Waals surface area contributed by atoms with Crippen LogP contribution in [0.3, 0.4) is 0 Å². The minimum absolute atomic E-state index is 0.00504. The van der Waals surface area contributed by atoms with Crippen LogP contribution in [0.4, 0.5) is 24.5 Å². The van der Waals surface area contributed by atoms with E-state index in [0.29, 0.717) is 21.7 Å². The van der Waals surface area contributed by atoms with Crippen molar-refractivity contribution in [1.29, 1.82) is 0 Å². The molecular weight excluding hydrogens is 635 g/mol. The predicted octanol–water partition coefficient (Wildman–Crippen LogP) is 8.90. The van der Waals surface area contributed by atoms with Gasteiger partial charge >= 0.3 is 6.18 Å². The fraction of sp³-hybridized carbons (Fsp3) is 0.0789. The summed E-state index contributed by atoms with van der Waals surface area (Å²) in [5.74, 6) is -1.66. The first-order chi connectivity index (χ1) is 23.1. The molecule has 0 aromatic heterocycles. The minimum Gasteiger partial charge on any atom is -0.325 e. The van der Waals surface area contributed by atoms with E-state index in [9.17, 15) is 27.6 Å². The Kier molecular flexibility index (Phi) is 10.8. The lowest BCUT2D eigenvalue weighted by Crippen LogP contribution is -2.30. The van der Waals surface area contributed by atoms with E-state index < -0.39 is 34.7 Å². The molecule has 242 valence electrons. The van der Waals surface area contributed by atoms with Crippen molar-refractivity contribution >= 4 is 46.9 Å². The number of nitrogens with one attached hydrogen (secondary N) is 3. The van der Waals surface area contributed by atoms with E-state index in [0.717, 1.165) is 29.0 Å². The lowest BCUT2D eigenvalue weighted by atomic mass is 10.0. The van der Waals surface area contributed by atoms with Gasteiger partial charge in [0.2, 0.25) is 5.91 Å². The number of hydrogen-bond acceptors (Lipinski definition) is 4. The van der Waals surface area contributed by atoms with Crippen LogP contribution in [0, 0.1) is 0 Å². The third-order valence-corrected chi connectivity index (χ3v) is 8.22. The molecule has 1 unspecified atom stereocenters. The molecular formula is C38H30F3N3O3S. The van der Waals surface area contributed by atoms with Gasteiger partial charge in [0.1, 0.15) is 5.70 Å². The van der Waals surface area contributed by atoms with Crippen molar-refractivity contribution in [1.82, 2.24) is 5.32 Å². The number of para-hydroxylation sites is 1. The van der Waals surface area contributed by atoms with Crippen LogP contribution in [0.1, 0.15) is 28.4 Å². The molecule has 0 heterocycles. The first-order valence-electron chi connectivity index (χ1n) is 14.9. The van der Waals surface area contributed by atoms with Crippen LogP contribution >= 0.6 is 11.8 Å². The van der Waals surface area contributed by atoms with Crippen molar-refractivity contribution in [3.05, 3.63) is 156 Å². The van der Waals surface area contributed by atoms with Gasteiger partial charge in [-0.25, -0.2) is 0 Å². The monoisotopic (exact) mass is 665 g/mol. The third-order valence-electron chi connectivity index (χ3n) is 7.12. The Morgan fingerprint density at radius 2 is 1.33 bits per heavy atom. The van der Waals surface area contributed by atoms with Crippen LogP contribution in [0.5, 0.6) is 0 Å². The van der Waals surface area contributed by atoms with Gasteiger partial charge in [0.05, 0.1) is 16.5 Å². The van der Waals surface area contributed by atoms with Crippen molar-refractivity contribution in [3.8, 4) is 11.1 Å². The Balaban J connectivity index is 1.32. The highest BCUT2D eigenvalue weighted by molar-refractivity contribution is 8.00. The second-order valence-electron chi connectivity index (χ2n) is 10.6. The minimum atomic E-state index is -4.62. The van der Waals surface area contributed by atoms with Crippen LogP contribution in [-0.2, 0) is 15.8 Å². The number of rotatable bonds is 10. The average Bonchev–Trinajstić information content (AvgIpc) is 3.09. The van der Waals surface area contributed by atoms with Crippen molar-refractivity contribution in [3.63, 3.8) is 0 Å². The summed E-state index contributed by atoms with van der Waals surface area (Å²) in [5.41, 5.74) is 2.23. The molecule has 0 bridgehead atoms. The molecule has 1 atom stereocenters. The quantitative estimate of drug-likeness (QED) is 0.103. The summed E-state index contributed by atoms with van der Waals surface area (Å²) in [6.45, 7) is 1.57. The van der Waals surface area contributed by atoms with E-state index in [2.05, 4.69) is 16.0 Å². The fourth-order valence-corrected chi connectivity index (χ4v) is 5.61. The Morgan fingerprint density at radius 1 is 0.708 bits per heavy atom. The molecule has 0 aliphatic carbocycles. The molecule has 0 radical (unpaired) electrons. The van der Waals surface area contributed by atoms with Gasteiger partial charge in [0.25, 0.3) is 11.8 Å². The van der Waals surface area contributed by atoms with E-state index in [4.69, 9.17) is 0 Å². The van der Waals surface area contributed by atoms with E-state index in [1.54, 1.807) is 67.6 Å². The molecule has 10 heteroatoms. The van der Waals surface area contributed by atoms with E-state index in [-0.39, 0.29) is 11.4 Å². The highest BCUT2D eigenvalue weighted by atomic mass is 32.2. The summed E-state index contributed by atoms with van der Waals surface area (Å²) in [6.07, 6.45) is -3.04. The average molecular weight is 666 g/mol. The normalized spacial score (nSPS) is 12.1. The summed E-state index contributed by atoms with van der Waals surface area (Å²) >= 11 is 1.11. The van der Waals surface area contributed by atoms with Gasteiger partial charge in [-0.1, -0.05) is 91.0 Å². The Bertz CT molecular complexity index is 1930. The lowest BCUT2D eigenvalue weighted by molar-refractivity contribution is -0.137. The second-order valence-corrected chi connectivity index (χ2v) is 12.1. The van der Waals surface area contributed by atoms with Crippen molar-refractivity contribution in [2.24, 2.45) is 0 Å². The number of hydrogen-bond donors (Lipinski definition) is 3. The molecule has 0 spiro atoms. The molecule has 3 N–H and O–H groups in total. The highest BCUT2D eigenvalue weighted by Crippen LogP contribution is 2.35. The van der Waals surface area contributed by atoms with Crippen molar-refractivity contribution in [2.45, 2.75) is 23.2 Å². The van der Waals surface area contributed by atoms with Crippen LogP contribution in [0.2, 0.25) is 0 Å². The fourth-order valence-electron chi connectivity index (χ4n) is 4.69. The number of carbonyl (C=O) groups excluding carboxylic acids is 3. The summed E-state index contributed by atoms with van der Waals surface area (Å²) in [5, 5.41) is 7.12. The SMILES string of the molecule is CC(Sc1cccc(NC(=O)/C(=C\c2ccc(-c3ccccc3)cc2)NC(=O)c2ccccc2)c1)C(=O)Nc1ccccc1C(F)(F)F. The maximum atomic E-state index is 13.6. The molecule has 3 amide bonds. The Labute approximate surface area is 280 Å². The van der Waals surface area contributed by atoms with Crippen molar-refractivity contribution in [2.75, 3.05) is 10.6 Å². The second kappa shape index (κ2) is 15.3. The molecule has 0 saturated carbocycles. The zero-order chi connectivity index (χ0) is 34.1. The Hall–Kier alpha value is -5.61. The number of anilines is 2. The molecule has 0 saturated heterocycles. The summed E-state index contributed by atoms with van der Waals surface area (Å²) in [4.78, 5) is 40.0. The largest absolute Gasteiger partial charge is 0.418 e. The number of thioether (sulfide) groups is 1. The van der Waals surface area contributed by atoms with Crippen LogP contribution < -0.4 is 16.0 Å². The molecule has 5 aromatic rings. The van der Waals surface area contributed by atoms with Gasteiger partial charge in [-0.2, -0.15) is 13.2 Å². The summed E-state index contributed by atoms with van der Waals surface area (Å²) < 4.78 is 40.2. The zero-order valence-electron chi connectivity index (χ0n) is 25.6. The molecule has 0 fully saturated rings. The number of amides is 3. The van der Waals surface area contributed by atoms with Gasteiger partial charge in [0, 0.05) is 16.1 Å². The first-order valence-corrected chi connectivity index (χ1v) is 15.7. The Morgan fingerprint density at radius 3 is 2.02 bits per heavy atom. The van der Waals surface area contributed by atoms with Crippen LogP contribution in [0.25, 0.3) is 17.2 Å².